The molecule has 1 fully saturated rings. The molecule has 148 valence electrons. The van der Waals surface area contributed by atoms with Crippen LogP contribution in [0.1, 0.15) is 24.4 Å². The monoisotopic (exact) mass is 502 g/mol. The number of benzene rings is 2. The number of halogens is 4. The normalized spacial score (nSPS) is 20.8. The van der Waals surface area contributed by atoms with E-state index in [1.807, 2.05) is 38.1 Å². The summed E-state index contributed by atoms with van der Waals surface area (Å²) in [6.07, 6.45) is 1.69. The minimum absolute atomic E-state index is 0.0377. The minimum atomic E-state index is -0.596. The topological polar surface area (TPSA) is 35.5 Å². The molecule has 1 saturated carbocycles. The van der Waals surface area contributed by atoms with E-state index in [-0.39, 0.29) is 27.7 Å². The van der Waals surface area contributed by atoms with Crippen molar-refractivity contribution in [1.29, 1.82) is 0 Å². The predicted molar refractivity (Wildman–Crippen MR) is 116 cm³/mol. The van der Waals surface area contributed by atoms with Crippen molar-refractivity contribution in [3.05, 3.63) is 69.7 Å². The van der Waals surface area contributed by atoms with Crippen LogP contribution in [0.4, 0.5) is 0 Å². The van der Waals surface area contributed by atoms with Crippen LogP contribution in [0.25, 0.3) is 0 Å². The molecule has 3 atom stereocenters. The fourth-order valence-electron chi connectivity index (χ4n) is 3.18. The number of hydrogen-bond donors (Lipinski definition) is 0. The number of rotatable bonds is 6. The zero-order chi connectivity index (χ0) is 20.5. The van der Waals surface area contributed by atoms with Crippen molar-refractivity contribution in [3.63, 3.8) is 0 Å². The van der Waals surface area contributed by atoms with Crippen LogP contribution < -0.4 is 4.74 Å². The Balaban J connectivity index is 1.66. The lowest BCUT2D eigenvalue weighted by molar-refractivity contribution is -0.147. The average molecular weight is 505 g/mol. The Kier molecular flexibility index (Phi) is 6.65. The second kappa shape index (κ2) is 8.66. The van der Waals surface area contributed by atoms with E-state index in [4.69, 9.17) is 44.3 Å². The lowest BCUT2D eigenvalue weighted by Gasteiger charge is -2.14. The highest BCUT2D eigenvalue weighted by Gasteiger charge is 2.61. The largest absolute Gasteiger partial charge is 0.457 e. The maximum absolute atomic E-state index is 12.6. The average Bonchev–Trinajstić information content (AvgIpc) is 3.16. The van der Waals surface area contributed by atoms with Crippen LogP contribution in [-0.2, 0) is 9.53 Å². The van der Waals surface area contributed by atoms with E-state index in [1.165, 1.54) is 0 Å². The van der Waals surface area contributed by atoms with Crippen molar-refractivity contribution in [3.8, 4) is 11.5 Å². The minimum Gasteiger partial charge on any atom is -0.457 e. The Morgan fingerprint density at radius 1 is 1.14 bits per heavy atom. The molecule has 3 nitrogen and oxygen atoms in total. The van der Waals surface area contributed by atoms with E-state index < -0.39 is 5.01 Å². The van der Waals surface area contributed by atoms with Crippen LogP contribution >= 0.6 is 50.7 Å². The summed E-state index contributed by atoms with van der Waals surface area (Å²) in [5, 5.41) is 0.0430. The standard InChI is InChI=1S/C21H18BrCl3O3/c1-21(2)16(11-17(24)25)18(21)20(26)28-19(22)12-4-3-5-15(10-12)27-14-8-6-13(23)7-9-14/h3-11,16,18-19H,1-2H3. The third-order valence-corrected chi connectivity index (χ3v) is 6.08. The molecule has 0 saturated heterocycles. The van der Waals surface area contributed by atoms with Gasteiger partial charge >= 0.3 is 5.97 Å². The van der Waals surface area contributed by atoms with E-state index in [0.29, 0.717) is 16.5 Å². The van der Waals surface area contributed by atoms with Gasteiger partial charge in [-0.3, -0.25) is 4.79 Å². The first kappa shape index (κ1) is 21.5. The third kappa shape index (κ3) is 5.04. The summed E-state index contributed by atoms with van der Waals surface area (Å²) in [5.41, 5.74) is 0.527. The molecule has 0 spiro atoms. The highest BCUT2D eigenvalue weighted by atomic mass is 79.9. The van der Waals surface area contributed by atoms with Gasteiger partial charge in [0.15, 0.2) is 5.01 Å². The van der Waals surface area contributed by atoms with Gasteiger partial charge in [0.25, 0.3) is 0 Å². The molecule has 0 aromatic heterocycles. The summed E-state index contributed by atoms with van der Waals surface area (Å²) in [4.78, 5) is 12.6. The van der Waals surface area contributed by atoms with E-state index in [2.05, 4.69) is 15.9 Å². The van der Waals surface area contributed by atoms with Gasteiger partial charge in [-0.05, 0) is 69.7 Å². The van der Waals surface area contributed by atoms with Crippen molar-refractivity contribution in [2.45, 2.75) is 18.9 Å². The fourth-order valence-corrected chi connectivity index (χ4v) is 4.04. The molecule has 0 amide bonds. The van der Waals surface area contributed by atoms with Gasteiger partial charge in [0.1, 0.15) is 16.0 Å². The van der Waals surface area contributed by atoms with Crippen LogP contribution in [0.3, 0.4) is 0 Å². The lowest BCUT2D eigenvalue weighted by atomic mass is 10.1. The highest BCUT2D eigenvalue weighted by Crippen LogP contribution is 2.60. The van der Waals surface area contributed by atoms with Crippen LogP contribution in [0.5, 0.6) is 11.5 Å². The second-order valence-electron chi connectivity index (χ2n) is 7.16. The molecule has 2 aromatic carbocycles. The van der Waals surface area contributed by atoms with Crippen LogP contribution in [0.2, 0.25) is 5.02 Å². The zero-order valence-electron chi connectivity index (χ0n) is 15.2. The Hall–Kier alpha value is -1.20. The molecule has 2 aromatic rings. The maximum Gasteiger partial charge on any atom is 0.311 e. The van der Waals surface area contributed by atoms with Crippen molar-refractivity contribution >= 4 is 56.7 Å². The molecule has 0 radical (unpaired) electrons. The van der Waals surface area contributed by atoms with Gasteiger partial charge in [-0.1, -0.05) is 60.8 Å². The first-order valence-corrected chi connectivity index (χ1v) is 10.6. The number of hydrogen-bond acceptors (Lipinski definition) is 3. The fraction of sp³-hybridized carbons (Fsp3) is 0.286. The molecule has 28 heavy (non-hydrogen) atoms. The Morgan fingerprint density at radius 2 is 1.82 bits per heavy atom. The summed E-state index contributed by atoms with van der Waals surface area (Å²) in [5.74, 6) is 0.670. The molecule has 1 aliphatic carbocycles. The molecule has 1 aliphatic rings. The van der Waals surface area contributed by atoms with Crippen LogP contribution in [0, 0.1) is 17.3 Å². The number of esters is 1. The molecule has 7 heteroatoms. The van der Waals surface area contributed by atoms with Gasteiger partial charge in [-0.2, -0.15) is 0 Å². The first-order valence-electron chi connectivity index (χ1n) is 8.59. The van der Waals surface area contributed by atoms with E-state index >= 15 is 0 Å². The Labute approximate surface area is 187 Å². The zero-order valence-corrected chi connectivity index (χ0v) is 19.0. The summed E-state index contributed by atoms with van der Waals surface area (Å²) in [7, 11) is 0. The Bertz CT molecular complexity index is 892. The van der Waals surface area contributed by atoms with Gasteiger partial charge in [0.05, 0.1) is 5.92 Å². The predicted octanol–water partition coefficient (Wildman–Crippen LogP) is 7.66. The Morgan fingerprint density at radius 3 is 2.46 bits per heavy atom. The summed E-state index contributed by atoms with van der Waals surface area (Å²) < 4.78 is 11.6. The number of allylic oxidation sites excluding steroid dienone is 1. The van der Waals surface area contributed by atoms with Crippen molar-refractivity contribution < 1.29 is 14.3 Å². The SMILES string of the molecule is CC1(C)C(C=C(Cl)Cl)C1C(=O)OC(Br)c1cccc(Oc2ccc(Cl)cc2)c1. The lowest BCUT2D eigenvalue weighted by Crippen LogP contribution is -2.12. The van der Waals surface area contributed by atoms with Gasteiger partial charge in [0, 0.05) is 10.6 Å². The molecular weight excluding hydrogens is 486 g/mol. The van der Waals surface area contributed by atoms with Gasteiger partial charge in [0.2, 0.25) is 0 Å². The number of ether oxygens (including phenoxy) is 2. The number of alkyl halides is 1. The van der Waals surface area contributed by atoms with E-state index in [0.717, 1.165) is 5.56 Å². The smallest absolute Gasteiger partial charge is 0.311 e. The molecule has 0 bridgehead atoms. The molecule has 0 N–H and O–H groups in total. The van der Waals surface area contributed by atoms with E-state index in [1.54, 1.807) is 30.3 Å². The quantitative estimate of drug-likeness (QED) is 0.299. The second-order valence-corrected chi connectivity index (χ2v) is 9.44. The summed E-state index contributed by atoms with van der Waals surface area (Å²) >= 11 is 20.8. The maximum atomic E-state index is 12.6. The van der Waals surface area contributed by atoms with Gasteiger partial charge in [-0.25, -0.2) is 0 Å². The number of carbonyl (C=O) groups is 1. The van der Waals surface area contributed by atoms with Gasteiger partial charge in [-0.15, -0.1) is 0 Å². The summed E-state index contributed by atoms with van der Waals surface area (Å²) in [6, 6.07) is 14.4. The van der Waals surface area contributed by atoms with Crippen molar-refractivity contribution in [1.82, 2.24) is 0 Å². The van der Waals surface area contributed by atoms with E-state index in [9.17, 15) is 4.79 Å². The van der Waals surface area contributed by atoms with Crippen LogP contribution in [-0.4, -0.2) is 5.97 Å². The summed E-state index contributed by atoms with van der Waals surface area (Å²) in [6.45, 7) is 3.97. The molecular formula is C21H18BrCl3O3. The first-order chi connectivity index (χ1) is 13.2. The van der Waals surface area contributed by atoms with Crippen LogP contribution in [0.15, 0.2) is 59.1 Å². The molecule has 3 rings (SSSR count). The third-order valence-electron chi connectivity index (χ3n) is 4.86. The molecule has 3 unspecified atom stereocenters. The van der Waals surface area contributed by atoms with Crippen molar-refractivity contribution in [2.24, 2.45) is 17.3 Å². The molecule has 0 heterocycles. The molecule has 0 aliphatic heterocycles. The van der Waals surface area contributed by atoms with Gasteiger partial charge < -0.3 is 9.47 Å². The highest BCUT2D eigenvalue weighted by molar-refractivity contribution is 9.09. The number of carbonyl (C=O) groups excluding carboxylic acids is 1. The van der Waals surface area contributed by atoms with Crippen molar-refractivity contribution in [2.75, 3.05) is 0 Å².